The zero-order valence-corrected chi connectivity index (χ0v) is 18.3. The van der Waals surface area contributed by atoms with E-state index in [1.54, 1.807) is 0 Å². The number of methoxy groups -OCH3 is 2. The Morgan fingerprint density at radius 1 is 1.10 bits per heavy atom. The van der Waals surface area contributed by atoms with Gasteiger partial charge in [-0.3, -0.25) is 0 Å². The number of hydrogen-bond acceptors (Lipinski definition) is 7. The summed E-state index contributed by atoms with van der Waals surface area (Å²) in [5, 5.41) is 0.230. The van der Waals surface area contributed by atoms with Crippen LogP contribution in [0.3, 0.4) is 0 Å². The standard InChI is InChI=1S/C18H17F3O7SSe/c1-25-11-27-15-9-13(28-29(23,24)18(19,20)21)8-12(16(15)17(22)26-2)10-30-14-6-4-3-5-7-14/h3-9H,10-11H2,1-2H3. The summed E-state index contributed by atoms with van der Waals surface area (Å²) in [5.74, 6) is -1.67. The zero-order chi connectivity index (χ0) is 22.4. The Kier molecular flexibility index (Phi) is 8.13. The van der Waals surface area contributed by atoms with Crippen molar-refractivity contribution in [2.24, 2.45) is 0 Å². The molecule has 7 nitrogen and oxygen atoms in total. The normalized spacial score (nSPS) is 11.8. The Morgan fingerprint density at radius 3 is 2.33 bits per heavy atom. The quantitative estimate of drug-likeness (QED) is 0.167. The Hall–Kier alpha value is -2.27. The maximum atomic E-state index is 12.7. The van der Waals surface area contributed by atoms with Gasteiger partial charge in [0.15, 0.2) is 0 Å². The predicted octanol–water partition coefficient (Wildman–Crippen LogP) is 2.21. The first-order chi connectivity index (χ1) is 14.1. The molecule has 0 aromatic heterocycles. The van der Waals surface area contributed by atoms with E-state index >= 15 is 0 Å². The van der Waals surface area contributed by atoms with Crippen molar-refractivity contribution >= 4 is 35.5 Å². The average molecular weight is 513 g/mol. The summed E-state index contributed by atoms with van der Waals surface area (Å²) in [4.78, 5) is 12.3. The molecule has 164 valence electrons. The average Bonchev–Trinajstić information content (AvgIpc) is 2.69. The molecule has 2 aromatic rings. The molecule has 0 fully saturated rings. The van der Waals surface area contributed by atoms with Crippen LogP contribution in [0.1, 0.15) is 15.9 Å². The van der Waals surface area contributed by atoms with E-state index in [1.807, 2.05) is 30.3 Å². The van der Waals surface area contributed by atoms with Gasteiger partial charge < -0.3 is 0 Å². The third kappa shape index (κ3) is 6.11. The van der Waals surface area contributed by atoms with Gasteiger partial charge in [-0.05, 0) is 0 Å². The first-order valence-electron chi connectivity index (χ1n) is 8.14. The van der Waals surface area contributed by atoms with E-state index in [9.17, 15) is 26.4 Å². The van der Waals surface area contributed by atoms with Gasteiger partial charge in [0.2, 0.25) is 0 Å². The summed E-state index contributed by atoms with van der Waals surface area (Å²) in [6, 6.07) is 11.1. The summed E-state index contributed by atoms with van der Waals surface area (Å²) in [6.07, 6.45) is 0. The van der Waals surface area contributed by atoms with Crippen molar-refractivity contribution in [3.63, 3.8) is 0 Å². The van der Waals surface area contributed by atoms with Crippen molar-refractivity contribution < 1.29 is 44.8 Å². The molecule has 12 heteroatoms. The van der Waals surface area contributed by atoms with Crippen LogP contribution in [0.25, 0.3) is 0 Å². The van der Waals surface area contributed by atoms with Gasteiger partial charge in [0, 0.05) is 0 Å². The van der Waals surface area contributed by atoms with E-state index in [0.29, 0.717) is 0 Å². The van der Waals surface area contributed by atoms with Crippen molar-refractivity contribution in [2.75, 3.05) is 21.0 Å². The van der Waals surface area contributed by atoms with E-state index in [2.05, 4.69) is 4.18 Å². The molecule has 0 N–H and O–H groups in total. The Labute approximate surface area is 177 Å². The molecule has 0 bridgehead atoms. The molecule has 0 unspecified atom stereocenters. The summed E-state index contributed by atoms with van der Waals surface area (Å²) in [7, 11) is -3.48. The van der Waals surface area contributed by atoms with Crippen molar-refractivity contribution in [3.05, 3.63) is 53.6 Å². The Balaban J connectivity index is 2.51. The van der Waals surface area contributed by atoms with Gasteiger partial charge in [-0.2, -0.15) is 0 Å². The van der Waals surface area contributed by atoms with Gasteiger partial charge in [0.1, 0.15) is 0 Å². The van der Waals surface area contributed by atoms with Crippen LogP contribution in [0, 0.1) is 0 Å². The van der Waals surface area contributed by atoms with Crippen molar-refractivity contribution in [1.82, 2.24) is 0 Å². The summed E-state index contributed by atoms with van der Waals surface area (Å²) >= 11 is -0.232. The molecule has 0 aliphatic rings. The molecule has 0 saturated heterocycles. The van der Waals surface area contributed by atoms with Crippen LogP contribution in [0.5, 0.6) is 11.5 Å². The van der Waals surface area contributed by atoms with Crippen LogP contribution in [0.15, 0.2) is 42.5 Å². The van der Waals surface area contributed by atoms with Gasteiger partial charge in [0.05, 0.1) is 0 Å². The Bertz CT molecular complexity index is 979. The predicted molar refractivity (Wildman–Crippen MR) is 101 cm³/mol. The molecule has 0 heterocycles. The molecule has 2 aromatic carbocycles. The first kappa shape index (κ1) is 24.0. The molecule has 0 radical (unpaired) electrons. The van der Waals surface area contributed by atoms with Crippen molar-refractivity contribution in [3.8, 4) is 11.5 Å². The van der Waals surface area contributed by atoms with Gasteiger partial charge in [-0.15, -0.1) is 0 Å². The van der Waals surface area contributed by atoms with E-state index < -0.39 is 27.3 Å². The molecule has 0 atom stereocenters. The molecule has 2 rings (SSSR count). The van der Waals surface area contributed by atoms with E-state index in [1.165, 1.54) is 7.11 Å². The summed E-state index contributed by atoms with van der Waals surface area (Å²) in [6.45, 7) is -0.345. The first-order valence-corrected chi connectivity index (χ1v) is 11.6. The molecule has 0 spiro atoms. The molecule has 0 saturated carbocycles. The van der Waals surface area contributed by atoms with Gasteiger partial charge in [-0.25, -0.2) is 0 Å². The molecule has 30 heavy (non-hydrogen) atoms. The van der Waals surface area contributed by atoms with Crippen molar-refractivity contribution in [1.29, 1.82) is 0 Å². The minimum atomic E-state index is -5.91. The second kappa shape index (κ2) is 10.2. The van der Waals surface area contributed by atoms with E-state index in [4.69, 9.17) is 14.2 Å². The number of carbonyl (C=O) groups excluding carboxylic acids is 1. The molecular formula is C18H17F3O7SSe. The van der Waals surface area contributed by atoms with Gasteiger partial charge in [-0.1, -0.05) is 0 Å². The summed E-state index contributed by atoms with van der Waals surface area (Å²) in [5.41, 5.74) is -5.45. The molecule has 0 amide bonds. The van der Waals surface area contributed by atoms with Crippen LogP contribution < -0.4 is 13.4 Å². The fourth-order valence-electron chi connectivity index (χ4n) is 2.23. The Morgan fingerprint density at radius 2 is 1.77 bits per heavy atom. The SMILES string of the molecule is COCOc1cc(OS(=O)(=O)C(F)(F)F)cc(C[Se]c2ccccc2)c1C(=O)OC. The van der Waals surface area contributed by atoms with Crippen LogP contribution in [0.2, 0.25) is 0 Å². The van der Waals surface area contributed by atoms with Gasteiger partial charge in [0.25, 0.3) is 0 Å². The maximum absolute atomic E-state index is 12.7. The molecule has 0 aliphatic heterocycles. The molecular weight excluding hydrogens is 496 g/mol. The number of carbonyl (C=O) groups is 1. The van der Waals surface area contributed by atoms with Crippen LogP contribution in [0.4, 0.5) is 13.2 Å². The third-order valence-corrected chi connectivity index (χ3v) is 6.71. The van der Waals surface area contributed by atoms with E-state index in [0.717, 1.165) is 23.7 Å². The minimum absolute atomic E-state index is 0.0517. The number of ether oxygens (including phenoxy) is 3. The number of alkyl halides is 3. The number of hydrogen-bond donors (Lipinski definition) is 0. The fraction of sp³-hybridized carbons (Fsp3) is 0.278. The summed E-state index contributed by atoms with van der Waals surface area (Å²) < 4.78 is 81.0. The third-order valence-electron chi connectivity index (χ3n) is 3.51. The zero-order valence-electron chi connectivity index (χ0n) is 15.8. The van der Waals surface area contributed by atoms with Crippen LogP contribution >= 0.6 is 0 Å². The number of benzene rings is 2. The van der Waals surface area contributed by atoms with Crippen LogP contribution in [-0.4, -0.2) is 55.9 Å². The second-order valence-electron chi connectivity index (χ2n) is 5.58. The van der Waals surface area contributed by atoms with Crippen LogP contribution in [-0.2, 0) is 24.9 Å². The number of halogens is 3. The number of esters is 1. The fourth-order valence-corrected chi connectivity index (χ4v) is 4.56. The topological polar surface area (TPSA) is 88.1 Å². The van der Waals surface area contributed by atoms with Gasteiger partial charge >= 0.3 is 177 Å². The molecule has 0 aliphatic carbocycles. The number of rotatable bonds is 9. The van der Waals surface area contributed by atoms with Crippen molar-refractivity contribution in [2.45, 2.75) is 10.8 Å². The monoisotopic (exact) mass is 514 g/mol. The second-order valence-corrected chi connectivity index (χ2v) is 9.32. The van der Waals surface area contributed by atoms with E-state index in [-0.39, 0.29) is 43.9 Å².